The summed E-state index contributed by atoms with van der Waals surface area (Å²) in [5.74, 6) is 0.698. The van der Waals surface area contributed by atoms with E-state index in [1.807, 2.05) is 47.4 Å². The number of hydrogen-bond acceptors (Lipinski definition) is 4. The minimum absolute atomic E-state index is 0.110. The maximum Gasteiger partial charge on any atom is 0.293 e. The third-order valence-corrected chi connectivity index (χ3v) is 4.64. The smallest absolute Gasteiger partial charge is 0.293 e. The number of anilines is 1. The highest BCUT2D eigenvalue weighted by Gasteiger charge is 2.28. The molecular weight excluding hydrogens is 316 g/mol. The number of para-hydroxylation sites is 2. The molecule has 0 unspecified atom stereocenters. The highest BCUT2D eigenvalue weighted by molar-refractivity contribution is 6.01. The van der Waals surface area contributed by atoms with Gasteiger partial charge in [-0.25, -0.2) is 0 Å². The van der Waals surface area contributed by atoms with Crippen LogP contribution in [0.1, 0.15) is 10.6 Å². The Kier molecular flexibility index (Phi) is 4.06. The quantitative estimate of drug-likeness (QED) is 0.735. The number of nitrogens with zero attached hydrogens (tertiary/aromatic N) is 2. The standard InChI is InChI=1S/C20H20N2O3/c1-24-18-16-9-5-6-10-17(16)25-19(18)20(23)22-13-11-21(12-14-22)15-7-3-2-4-8-15/h2-10H,11-14H2,1H3. The van der Waals surface area contributed by atoms with Gasteiger partial charge in [0.05, 0.1) is 12.5 Å². The summed E-state index contributed by atoms with van der Waals surface area (Å²) in [5, 5.41) is 0.830. The van der Waals surface area contributed by atoms with Gasteiger partial charge in [0.2, 0.25) is 5.76 Å². The maximum atomic E-state index is 12.9. The molecule has 25 heavy (non-hydrogen) atoms. The summed E-state index contributed by atoms with van der Waals surface area (Å²) in [5.41, 5.74) is 1.86. The molecule has 5 nitrogen and oxygen atoms in total. The van der Waals surface area contributed by atoms with Gasteiger partial charge in [-0.15, -0.1) is 0 Å². The lowest BCUT2D eigenvalue weighted by molar-refractivity contribution is 0.0712. The number of ether oxygens (including phenoxy) is 1. The molecule has 0 aliphatic carbocycles. The fraction of sp³-hybridized carbons (Fsp3) is 0.250. The van der Waals surface area contributed by atoms with Gasteiger partial charge in [-0.2, -0.15) is 0 Å². The van der Waals surface area contributed by atoms with E-state index in [2.05, 4.69) is 17.0 Å². The molecule has 0 N–H and O–H groups in total. The average molecular weight is 336 g/mol. The van der Waals surface area contributed by atoms with Crippen LogP contribution in [-0.4, -0.2) is 44.1 Å². The van der Waals surface area contributed by atoms with E-state index in [4.69, 9.17) is 9.15 Å². The molecule has 0 saturated carbocycles. The van der Waals surface area contributed by atoms with Crippen LogP contribution in [0.3, 0.4) is 0 Å². The van der Waals surface area contributed by atoms with Crippen molar-refractivity contribution in [2.45, 2.75) is 0 Å². The Balaban J connectivity index is 1.53. The average Bonchev–Trinajstić information content (AvgIpc) is 3.07. The van der Waals surface area contributed by atoms with Crippen molar-refractivity contribution in [2.75, 3.05) is 38.2 Å². The molecule has 1 saturated heterocycles. The van der Waals surface area contributed by atoms with Crippen LogP contribution < -0.4 is 9.64 Å². The predicted molar refractivity (Wildman–Crippen MR) is 97.3 cm³/mol. The van der Waals surface area contributed by atoms with E-state index >= 15 is 0 Å². The fourth-order valence-electron chi connectivity index (χ4n) is 3.32. The van der Waals surface area contributed by atoms with Gasteiger partial charge < -0.3 is 19.0 Å². The van der Waals surface area contributed by atoms with Crippen LogP contribution in [0.5, 0.6) is 5.75 Å². The Morgan fingerprint density at radius 3 is 2.36 bits per heavy atom. The van der Waals surface area contributed by atoms with E-state index in [1.165, 1.54) is 5.69 Å². The number of methoxy groups -OCH3 is 1. The lowest BCUT2D eigenvalue weighted by Gasteiger charge is -2.35. The molecule has 0 spiro atoms. The molecule has 2 aromatic carbocycles. The van der Waals surface area contributed by atoms with E-state index in [9.17, 15) is 4.79 Å². The number of hydrogen-bond donors (Lipinski definition) is 0. The topological polar surface area (TPSA) is 45.9 Å². The molecule has 128 valence electrons. The third kappa shape index (κ3) is 2.82. The largest absolute Gasteiger partial charge is 0.492 e. The normalized spacial score (nSPS) is 14.8. The van der Waals surface area contributed by atoms with E-state index in [1.54, 1.807) is 7.11 Å². The number of furan rings is 1. The van der Waals surface area contributed by atoms with Gasteiger partial charge >= 0.3 is 0 Å². The summed E-state index contributed by atoms with van der Waals surface area (Å²) in [6.45, 7) is 2.93. The van der Waals surface area contributed by atoms with Gasteiger partial charge in [0, 0.05) is 31.9 Å². The lowest BCUT2D eigenvalue weighted by Crippen LogP contribution is -2.48. The van der Waals surface area contributed by atoms with Crippen molar-refractivity contribution in [3.63, 3.8) is 0 Å². The molecule has 4 rings (SSSR count). The number of amides is 1. The van der Waals surface area contributed by atoms with Crippen molar-refractivity contribution in [3.05, 3.63) is 60.4 Å². The van der Waals surface area contributed by atoms with Crippen molar-refractivity contribution in [3.8, 4) is 5.75 Å². The molecule has 3 aromatic rings. The molecule has 1 aromatic heterocycles. The summed E-state index contributed by atoms with van der Waals surface area (Å²) in [4.78, 5) is 17.1. The molecule has 1 aliphatic rings. The number of fused-ring (bicyclic) bond motifs is 1. The van der Waals surface area contributed by atoms with Crippen LogP contribution in [0.4, 0.5) is 5.69 Å². The van der Waals surface area contributed by atoms with Crippen LogP contribution >= 0.6 is 0 Å². The number of carbonyl (C=O) groups is 1. The molecule has 0 atom stereocenters. The SMILES string of the molecule is COc1c(C(=O)N2CCN(c3ccccc3)CC2)oc2ccccc12. The summed E-state index contributed by atoms with van der Waals surface area (Å²) >= 11 is 0. The molecule has 5 heteroatoms. The van der Waals surface area contributed by atoms with Crippen LogP contribution in [0.25, 0.3) is 11.0 Å². The number of rotatable bonds is 3. The highest BCUT2D eigenvalue weighted by atomic mass is 16.5. The second-order valence-electron chi connectivity index (χ2n) is 6.08. The predicted octanol–water partition coefficient (Wildman–Crippen LogP) is 3.40. The maximum absolute atomic E-state index is 12.9. The molecule has 1 aliphatic heterocycles. The lowest BCUT2D eigenvalue weighted by atomic mass is 10.2. The van der Waals surface area contributed by atoms with Crippen molar-refractivity contribution < 1.29 is 13.9 Å². The van der Waals surface area contributed by atoms with E-state index in [-0.39, 0.29) is 11.7 Å². The van der Waals surface area contributed by atoms with Crippen LogP contribution in [0.15, 0.2) is 59.0 Å². The highest BCUT2D eigenvalue weighted by Crippen LogP contribution is 2.33. The zero-order valence-corrected chi connectivity index (χ0v) is 14.1. The second kappa shape index (κ2) is 6.51. The zero-order chi connectivity index (χ0) is 17.2. The Bertz CT molecular complexity index is 880. The van der Waals surface area contributed by atoms with Gasteiger partial charge in [-0.05, 0) is 24.3 Å². The first-order chi connectivity index (χ1) is 12.3. The van der Waals surface area contributed by atoms with E-state index in [0.29, 0.717) is 24.4 Å². The fourth-order valence-corrected chi connectivity index (χ4v) is 3.32. The minimum atomic E-state index is -0.110. The third-order valence-electron chi connectivity index (χ3n) is 4.64. The van der Waals surface area contributed by atoms with Crippen molar-refractivity contribution >= 4 is 22.6 Å². The van der Waals surface area contributed by atoms with Crippen LogP contribution in [0, 0.1) is 0 Å². The van der Waals surface area contributed by atoms with E-state index in [0.717, 1.165) is 18.5 Å². The molecule has 0 radical (unpaired) electrons. The molecule has 1 amide bonds. The van der Waals surface area contributed by atoms with E-state index < -0.39 is 0 Å². The first kappa shape index (κ1) is 15.6. The first-order valence-corrected chi connectivity index (χ1v) is 8.42. The van der Waals surface area contributed by atoms with Crippen molar-refractivity contribution in [1.29, 1.82) is 0 Å². The summed E-state index contributed by atoms with van der Waals surface area (Å²) < 4.78 is 11.2. The number of piperazine rings is 1. The van der Waals surface area contributed by atoms with Crippen molar-refractivity contribution in [2.24, 2.45) is 0 Å². The first-order valence-electron chi connectivity index (χ1n) is 8.42. The summed E-state index contributed by atoms with van der Waals surface area (Å²) in [6, 6.07) is 17.8. The molecular formula is C20H20N2O3. The van der Waals surface area contributed by atoms with Gasteiger partial charge in [0.25, 0.3) is 5.91 Å². The van der Waals surface area contributed by atoms with Crippen LogP contribution in [0.2, 0.25) is 0 Å². The number of carbonyl (C=O) groups excluding carboxylic acids is 1. The Morgan fingerprint density at radius 1 is 0.960 bits per heavy atom. The summed E-state index contributed by atoms with van der Waals surface area (Å²) in [7, 11) is 1.57. The Hall–Kier alpha value is -2.95. The van der Waals surface area contributed by atoms with Gasteiger partial charge in [-0.3, -0.25) is 4.79 Å². The number of benzene rings is 2. The second-order valence-corrected chi connectivity index (χ2v) is 6.08. The summed E-state index contributed by atoms with van der Waals surface area (Å²) in [6.07, 6.45) is 0. The molecule has 2 heterocycles. The Labute approximate surface area is 146 Å². The Morgan fingerprint density at radius 2 is 1.64 bits per heavy atom. The molecule has 1 fully saturated rings. The van der Waals surface area contributed by atoms with Crippen LogP contribution in [-0.2, 0) is 0 Å². The van der Waals surface area contributed by atoms with Gasteiger partial charge in [0.15, 0.2) is 5.75 Å². The zero-order valence-electron chi connectivity index (χ0n) is 14.1. The minimum Gasteiger partial charge on any atom is -0.492 e. The monoisotopic (exact) mass is 336 g/mol. The molecule has 0 bridgehead atoms. The van der Waals surface area contributed by atoms with Crippen molar-refractivity contribution in [1.82, 2.24) is 4.90 Å². The van der Waals surface area contributed by atoms with Gasteiger partial charge in [0.1, 0.15) is 5.58 Å². The van der Waals surface area contributed by atoms with Gasteiger partial charge in [-0.1, -0.05) is 30.3 Å².